The smallest absolute Gasteiger partial charge is 0.323 e. The molecule has 0 aromatic heterocycles. The van der Waals surface area contributed by atoms with E-state index in [1.54, 1.807) is 18.2 Å². The van der Waals surface area contributed by atoms with E-state index in [0.29, 0.717) is 10.7 Å². The van der Waals surface area contributed by atoms with Gasteiger partial charge in [-0.1, -0.05) is 35.8 Å². The Hall–Kier alpha value is -1.72. The third kappa shape index (κ3) is 5.19. The standard InChI is InChI=1S/C12H12Cl2N2O3/c1-8(13)6-15-12(19)16(7-11(17)18)10-4-2-3-9(14)5-10/h2-5H,1,6-7H2,(H,15,19)(H,17,18). The van der Waals surface area contributed by atoms with Crippen molar-refractivity contribution < 1.29 is 14.7 Å². The molecule has 0 bridgehead atoms. The molecule has 19 heavy (non-hydrogen) atoms. The molecule has 2 amide bonds. The van der Waals surface area contributed by atoms with Gasteiger partial charge in [0.2, 0.25) is 0 Å². The highest BCUT2D eigenvalue weighted by Gasteiger charge is 2.18. The summed E-state index contributed by atoms with van der Waals surface area (Å²) >= 11 is 11.4. The van der Waals surface area contributed by atoms with Crippen LogP contribution in [0.1, 0.15) is 0 Å². The van der Waals surface area contributed by atoms with E-state index in [4.69, 9.17) is 28.3 Å². The van der Waals surface area contributed by atoms with E-state index in [0.717, 1.165) is 4.90 Å². The minimum Gasteiger partial charge on any atom is -0.480 e. The quantitative estimate of drug-likeness (QED) is 0.878. The maximum atomic E-state index is 11.9. The van der Waals surface area contributed by atoms with Gasteiger partial charge in [-0.25, -0.2) is 4.79 Å². The van der Waals surface area contributed by atoms with Crippen LogP contribution < -0.4 is 10.2 Å². The molecule has 2 N–H and O–H groups in total. The molecule has 0 saturated heterocycles. The van der Waals surface area contributed by atoms with Gasteiger partial charge < -0.3 is 10.4 Å². The number of rotatable bonds is 5. The molecule has 1 aromatic carbocycles. The Morgan fingerprint density at radius 2 is 2.11 bits per heavy atom. The van der Waals surface area contributed by atoms with Crippen molar-refractivity contribution in [2.24, 2.45) is 0 Å². The first-order valence-corrected chi connectivity index (χ1v) is 6.01. The Balaban J connectivity index is 2.91. The number of amides is 2. The van der Waals surface area contributed by atoms with Crippen LogP contribution in [0.25, 0.3) is 0 Å². The molecule has 5 nitrogen and oxygen atoms in total. The SMILES string of the molecule is C=C(Cl)CNC(=O)N(CC(=O)O)c1cccc(Cl)c1. The molecule has 0 heterocycles. The van der Waals surface area contributed by atoms with Gasteiger partial charge in [-0.2, -0.15) is 0 Å². The van der Waals surface area contributed by atoms with Crippen LogP contribution in [0.5, 0.6) is 0 Å². The van der Waals surface area contributed by atoms with Crippen LogP contribution in [0.4, 0.5) is 10.5 Å². The average Bonchev–Trinajstić information content (AvgIpc) is 2.32. The maximum Gasteiger partial charge on any atom is 0.323 e. The highest BCUT2D eigenvalue weighted by Crippen LogP contribution is 2.19. The summed E-state index contributed by atoms with van der Waals surface area (Å²) in [7, 11) is 0. The maximum absolute atomic E-state index is 11.9. The summed E-state index contributed by atoms with van der Waals surface area (Å²) in [6, 6.07) is 5.75. The van der Waals surface area contributed by atoms with Crippen LogP contribution in [0.2, 0.25) is 5.02 Å². The number of hydrogen-bond donors (Lipinski definition) is 2. The van der Waals surface area contributed by atoms with E-state index in [9.17, 15) is 9.59 Å². The van der Waals surface area contributed by atoms with Crippen LogP contribution in [-0.4, -0.2) is 30.2 Å². The molecule has 1 rings (SSSR count). The van der Waals surface area contributed by atoms with Gasteiger partial charge in [0.15, 0.2) is 0 Å². The molecule has 0 aliphatic carbocycles. The number of anilines is 1. The summed E-state index contributed by atoms with van der Waals surface area (Å²) < 4.78 is 0. The molecular formula is C12H12Cl2N2O3. The minimum atomic E-state index is -1.14. The van der Waals surface area contributed by atoms with Crippen molar-refractivity contribution in [2.75, 3.05) is 18.0 Å². The number of carboxylic acids is 1. The summed E-state index contributed by atoms with van der Waals surface area (Å²) in [4.78, 5) is 23.8. The van der Waals surface area contributed by atoms with Crippen LogP contribution in [0, 0.1) is 0 Å². The fourth-order valence-corrected chi connectivity index (χ4v) is 1.58. The van der Waals surface area contributed by atoms with Gasteiger partial charge in [0.1, 0.15) is 6.54 Å². The number of urea groups is 1. The zero-order chi connectivity index (χ0) is 14.4. The zero-order valence-corrected chi connectivity index (χ0v) is 11.4. The zero-order valence-electron chi connectivity index (χ0n) is 9.90. The van der Waals surface area contributed by atoms with Crippen molar-refractivity contribution in [2.45, 2.75) is 0 Å². The first-order chi connectivity index (χ1) is 8.90. The van der Waals surface area contributed by atoms with Gasteiger partial charge in [0.25, 0.3) is 0 Å². The van der Waals surface area contributed by atoms with Crippen molar-refractivity contribution in [3.63, 3.8) is 0 Å². The van der Waals surface area contributed by atoms with Gasteiger partial charge in [-0.05, 0) is 18.2 Å². The number of halogens is 2. The Kier molecular flexibility index (Phi) is 5.66. The van der Waals surface area contributed by atoms with Gasteiger partial charge in [0.05, 0.1) is 6.54 Å². The van der Waals surface area contributed by atoms with Gasteiger partial charge in [-0.15, -0.1) is 0 Å². The molecule has 0 aliphatic heterocycles. The summed E-state index contributed by atoms with van der Waals surface area (Å²) in [6.07, 6.45) is 0. The summed E-state index contributed by atoms with van der Waals surface area (Å²) in [5.41, 5.74) is 0.382. The first-order valence-electron chi connectivity index (χ1n) is 5.26. The second kappa shape index (κ2) is 7.01. The Labute approximate surface area is 120 Å². The van der Waals surface area contributed by atoms with E-state index in [1.165, 1.54) is 6.07 Å². The number of hydrogen-bond acceptors (Lipinski definition) is 2. The lowest BCUT2D eigenvalue weighted by Crippen LogP contribution is -2.43. The van der Waals surface area contributed by atoms with Crippen molar-refractivity contribution in [3.05, 3.63) is 40.9 Å². The monoisotopic (exact) mass is 302 g/mol. The van der Waals surface area contributed by atoms with Crippen molar-refractivity contribution in [1.29, 1.82) is 0 Å². The van der Waals surface area contributed by atoms with Crippen molar-refractivity contribution in [3.8, 4) is 0 Å². The third-order valence-corrected chi connectivity index (χ3v) is 2.46. The van der Waals surface area contributed by atoms with E-state index in [1.807, 2.05) is 0 Å². The van der Waals surface area contributed by atoms with Gasteiger partial charge in [-0.3, -0.25) is 9.69 Å². The number of carbonyl (C=O) groups excluding carboxylic acids is 1. The molecule has 102 valence electrons. The van der Waals surface area contributed by atoms with E-state index >= 15 is 0 Å². The van der Waals surface area contributed by atoms with E-state index in [2.05, 4.69) is 11.9 Å². The molecule has 0 unspecified atom stereocenters. The van der Waals surface area contributed by atoms with Crippen LogP contribution in [0.15, 0.2) is 35.9 Å². The topological polar surface area (TPSA) is 69.6 Å². The van der Waals surface area contributed by atoms with E-state index < -0.39 is 18.5 Å². The molecule has 0 aliphatic rings. The number of benzene rings is 1. The normalized spacial score (nSPS) is 9.79. The molecule has 1 aromatic rings. The average molecular weight is 303 g/mol. The Morgan fingerprint density at radius 3 is 2.63 bits per heavy atom. The summed E-state index contributed by atoms with van der Waals surface area (Å²) in [6.45, 7) is 3.00. The number of carbonyl (C=O) groups is 2. The minimum absolute atomic E-state index is 0.0527. The Bertz CT molecular complexity index is 506. The van der Waals surface area contributed by atoms with Gasteiger partial charge in [0, 0.05) is 15.7 Å². The molecule has 0 saturated carbocycles. The summed E-state index contributed by atoms with van der Waals surface area (Å²) in [5.74, 6) is -1.14. The number of carboxylic acid groups (broad SMARTS) is 1. The lowest BCUT2D eigenvalue weighted by molar-refractivity contribution is -0.135. The second-order valence-electron chi connectivity index (χ2n) is 3.64. The van der Waals surface area contributed by atoms with E-state index in [-0.39, 0.29) is 11.6 Å². The van der Waals surface area contributed by atoms with Crippen molar-refractivity contribution in [1.82, 2.24) is 5.32 Å². The lowest BCUT2D eigenvalue weighted by atomic mass is 10.3. The number of nitrogens with zero attached hydrogens (tertiary/aromatic N) is 1. The largest absolute Gasteiger partial charge is 0.480 e. The number of aliphatic carboxylic acids is 1. The highest BCUT2D eigenvalue weighted by molar-refractivity contribution is 6.31. The molecule has 0 radical (unpaired) electrons. The molecule has 0 spiro atoms. The predicted octanol–water partition coefficient (Wildman–Crippen LogP) is 2.69. The van der Waals surface area contributed by atoms with Crippen LogP contribution in [-0.2, 0) is 4.79 Å². The molecular weight excluding hydrogens is 291 g/mol. The summed E-state index contributed by atoms with van der Waals surface area (Å²) in [5, 5.41) is 11.9. The third-order valence-electron chi connectivity index (χ3n) is 2.09. The van der Waals surface area contributed by atoms with Crippen LogP contribution in [0.3, 0.4) is 0 Å². The first kappa shape index (κ1) is 15.3. The Morgan fingerprint density at radius 1 is 1.42 bits per heavy atom. The molecule has 0 fully saturated rings. The fourth-order valence-electron chi connectivity index (χ4n) is 1.33. The molecule has 7 heteroatoms. The van der Waals surface area contributed by atoms with Crippen molar-refractivity contribution >= 4 is 40.9 Å². The highest BCUT2D eigenvalue weighted by atomic mass is 35.5. The number of nitrogens with one attached hydrogen (secondary N) is 1. The fraction of sp³-hybridized carbons (Fsp3) is 0.167. The second-order valence-corrected chi connectivity index (χ2v) is 4.61. The predicted molar refractivity (Wildman–Crippen MR) is 74.8 cm³/mol. The lowest BCUT2D eigenvalue weighted by Gasteiger charge is -2.21. The van der Waals surface area contributed by atoms with Gasteiger partial charge >= 0.3 is 12.0 Å². The molecule has 0 atom stereocenters. The van der Waals surface area contributed by atoms with Crippen LogP contribution >= 0.6 is 23.2 Å².